The summed E-state index contributed by atoms with van der Waals surface area (Å²) in [5.41, 5.74) is 7.90. The highest BCUT2D eigenvalue weighted by Crippen LogP contribution is 2.17. The first-order valence-corrected chi connectivity index (χ1v) is 4.90. The van der Waals surface area contributed by atoms with Gasteiger partial charge in [-0.05, 0) is 41.4 Å². The Balaban J connectivity index is 2.71. The molecule has 0 aliphatic heterocycles. The fourth-order valence-electron chi connectivity index (χ4n) is 1.09. The zero-order valence-electron chi connectivity index (χ0n) is 7.63. The van der Waals surface area contributed by atoms with Gasteiger partial charge in [0.25, 0.3) is 0 Å². The van der Waals surface area contributed by atoms with Crippen LogP contribution < -0.4 is 5.73 Å². The predicted octanol–water partition coefficient (Wildman–Crippen LogP) is 2.81. The van der Waals surface area contributed by atoms with Gasteiger partial charge in [0.15, 0.2) is 0 Å². The summed E-state index contributed by atoms with van der Waals surface area (Å²) in [7, 11) is 0. The minimum atomic E-state index is -0.0365. The van der Waals surface area contributed by atoms with Gasteiger partial charge in [-0.15, -0.1) is 6.58 Å². The second kappa shape index (κ2) is 4.53. The highest BCUT2D eigenvalue weighted by atomic mass is 79.9. The maximum atomic E-state index is 5.91. The van der Waals surface area contributed by atoms with Crippen molar-refractivity contribution in [3.63, 3.8) is 0 Å². The maximum Gasteiger partial charge on any atom is 0.0575 e. The first-order valence-electron chi connectivity index (χ1n) is 4.11. The summed E-state index contributed by atoms with van der Waals surface area (Å²) in [6, 6.07) is 3.84. The highest BCUT2D eigenvalue weighted by molar-refractivity contribution is 9.10. The molecule has 1 rings (SSSR count). The lowest BCUT2D eigenvalue weighted by Crippen LogP contribution is -2.11. The molecule has 1 aromatic rings. The zero-order chi connectivity index (χ0) is 9.84. The summed E-state index contributed by atoms with van der Waals surface area (Å²) in [6.45, 7) is 5.79. The molecule has 1 atom stereocenters. The van der Waals surface area contributed by atoms with Crippen molar-refractivity contribution in [3.8, 4) is 0 Å². The van der Waals surface area contributed by atoms with E-state index in [2.05, 4.69) is 27.5 Å². The van der Waals surface area contributed by atoms with E-state index in [0.29, 0.717) is 0 Å². The molecule has 0 bridgehead atoms. The van der Waals surface area contributed by atoms with E-state index in [-0.39, 0.29) is 6.04 Å². The fourth-order valence-corrected chi connectivity index (χ4v) is 1.32. The van der Waals surface area contributed by atoms with Crippen LogP contribution in [0.3, 0.4) is 0 Å². The van der Waals surface area contributed by atoms with E-state index in [0.717, 1.165) is 22.2 Å². The van der Waals surface area contributed by atoms with Crippen molar-refractivity contribution in [3.05, 3.63) is 40.6 Å². The van der Waals surface area contributed by atoms with E-state index in [1.807, 2.05) is 19.1 Å². The summed E-state index contributed by atoms with van der Waals surface area (Å²) in [4.78, 5) is 4.22. The van der Waals surface area contributed by atoms with E-state index in [4.69, 9.17) is 5.73 Å². The molecule has 3 heteroatoms. The predicted molar refractivity (Wildman–Crippen MR) is 58.3 cm³/mol. The van der Waals surface area contributed by atoms with Crippen LogP contribution in [0.25, 0.3) is 0 Å². The summed E-state index contributed by atoms with van der Waals surface area (Å²) in [5.74, 6) is 0. The fraction of sp³-hybridized carbons (Fsp3) is 0.300. The first kappa shape index (κ1) is 10.4. The smallest absolute Gasteiger partial charge is 0.0575 e. The molecule has 0 aromatic carbocycles. The van der Waals surface area contributed by atoms with Gasteiger partial charge in [-0.1, -0.05) is 5.57 Å². The highest BCUT2D eigenvalue weighted by Gasteiger charge is 2.06. The third-order valence-electron chi connectivity index (χ3n) is 1.70. The zero-order valence-corrected chi connectivity index (χ0v) is 9.21. The molecule has 0 radical (unpaired) electrons. The normalized spacial score (nSPS) is 12.5. The number of rotatable bonds is 3. The number of nitrogens with zero attached hydrogens (tertiary/aromatic N) is 1. The lowest BCUT2D eigenvalue weighted by atomic mass is 10.1. The Morgan fingerprint density at radius 1 is 1.69 bits per heavy atom. The molecule has 0 saturated carbocycles. The quantitative estimate of drug-likeness (QED) is 0.826. The van der Waals surface area contributed by atoms with Crippen LogP contribution in [0.15, 0.2) is 35.0 Å². The third kappa shape index (κ3) is 3.28. The van der Waals surface area contributed by atoms with Crippen LogP contribution in [0.4, 0.5) is 0 Å². The number of aromatic nitrogens is 1. The minimum absolute atomic E-state index is 0.0365. The number of pyridine rings is 1. The third-order valence-corrected chi connectivity index (χ3v) is 2.17. The Kier molecular flexibility index (Phi) is 3.63. The van der Waals surface area contributed by atoms with Crippen LogP contribution in [0.5, 0.6) is 0 Å². The van der Waals surface area contributed by atoms with Crippen molar-refractivity contribution < 1.29 is 0 Å². The van der Waals surface area contributed by atoms with Gasteiger partial charge in [-0.3, -0.25) is 4.98 Å². The molecule has 0 aliphatic carbocycles. The molecule has 13 heavy (non-hydrogen) atoms. The molecule has 0 aliphatic rings. The lowest BCUT2D eigenvalue weighted by molar-refractivity contribution is 0.692. The molecule has 0 spiro atoms. The number of hydrogen-bond donors (Lipinski definition) is 1. The van der Waals surface area contributed by atoms with Crippen LogP contribution in [-0.2, 0) is 0 Å². The number of hydrogen-bond acceptors (Lipinski definition) is 2. The van der Waals surface area contributed by atoms with Crippen LogP contribution in [0, 0.1) is 0 Å². The second-order valence-corrected chi connectivity index (χ2v) is 4.08. The average Bonchev–Trinajstić information content (AvgIpc) is 2.04. The van der Waals surface area contributed by atoms with Crippen molar-refractivity contribution in [1.82, 2.24) is 4.98 Å². The van der Waals surface area contributed by atoms with Crippen LogP contribution in [-0.4, -0.2) is 4.98 Å². The molecule has 70 valence electrons. The Morgan fingerprint density at radius 3 is 2.85 bits per heavy atom. The first-order chi connectivity index (χ1) is 6.09. The van der Waals surface area contributed by atoms with Gasteiger partial charge in [0.1, 0.15) is 0 Å². The van der Waals surface area contributed by atoms with Gasteiger partial charge in [-0.2, -0.15) is 0 Å². The molecule has 2 N–H and O–H groups in total. The van der Waals surface area contributed by atoms with Crippen molar-refractivity contribution in [2.24, 2.45) is 5.73 Å². The van der Waals surface area contributed by atoms with E-state index in [1.54, 1.807) is 6.20 Å². The molecular weight excluding hydrogens is 228 g/mol. The molecule has 0 amide bonds. The van der Waals surface area contributed by atoms with Crippen molar-refractivity contribution >= 4 is 15.9 Å². The SMILES string of the molecule is C=C(C)CC(N)c1ccc(Br)cn1. The number of halogens is 1. The van der Waals surface area contributed by atoms with Gasteiger partial charge < -0.3 is 5.73 Å². The van der Waals surface area contributed by atoms with Gasteiger partial charge in [0.05, 0.1) is 11.7 Å². The Morgan fingerprint density at radius 2 is 2.38 bits per heavy atom. The van der Waals surface area contributed by atoms with Gasteiger partial charge in [0.2, 0.25) is 0 Å². The summed E-state index contributed by atoms with van der Waals surface area (Å²) < 4.78 is 0.971. The molecule has 1 heterocycles. The lowest BCUT2D eigenvalue weighted by Gasteiger charge is -2.10. The van der Waals surface area contributed by atoms with Crippen molar-refractivity contribution in [2.45, 2.75) is 19.4 Å². The molecule has 0 fully saturated rings. The molecule has 1 aromatic heterocycles. The summed E-state index contributed by atoms with van der Waals surface area (Å²) in [5, 5.41) is 0. The van der Waals surface area contributed by atoms with E-state index >= 15 is 0 Å². The summed E-state index contributed by atoms with van der Waals surface area (Å²) in [6.07, 6.45) is 2.54. The maximum absolute atomic E-state index is 5.91. The molecule has 1 unspecified atom stereocenters. The summed E-state index contributed by atoms with van der Waals surface area (Å²) >= 11 is 3.32. The van der Waals surface area contributed by atoms with Gasteiger partial charge in [-0.25, -0.2) is 0 Å². The van der Waals surface area contributed by atoms with Crippen LogP contribution >= 0.6 is 15.9 Å². The Hall–Kier alpha value is -0.670. The topological polar surface area (TPSA) is 38.9 Å². The largest absolute Gasteiger partial charge is 0.322 e. The van der Waals surface area contributed by atoms with Crippen molar-refractivity contribution in [1.29, 1.82) is 0 Å². The minimum Gasteiger partial charge on any atom is -0.322 e. The molecular formula is C10H13BrN2. The van der Waals surface area contributed by atoms with E-state index in [1.165, 1.54) is 0 Å². The Bertz CT molecular complexity index is 292. The average molecular weight is 241 g/mol. The van der Waals surface area contributed by atoms with Crippen LogP contribution in [0.1, 0.15) is 25.1 Å². The Labute approximate surface area is 87.0 Å². The molecule has 0 saturated heterocycles. The van der Waals surface area contributed by atoms with E-state index in [9.17, 15) is 0 Å². The van der Waals surface area contributed by atoms with Crippen LogP contribution in [0.2, 0.25) is 0 Å². The standard InChI is InChI=1S/C10H13BrN2/c1-7(2)5-9(12)10-4-3-8(11)6-13-10/h3-4,6,9H,1,5,12H2,2H3. The van der Waals surface area contributed by atoms with E-state index < -0.39 is 0 Å². The van der Waals surface area contributed by atoms with Gasteiger partial charge >= 0.3 is 0 Å². The number of nitrogens with two attached hydrogens (primary N) is 1. The monoisotopic (exact) mass is 240 g/mol. The second-order valence-electron chi connectivity index (χ2n) is 3.17. The molecule has 2 nitrogen and oxygen atoms in total. The van der Waals surface area contributed by atoms with Gasteiger partial charge in [0, 0.05) is 10.7 Å². The van der Waals surface area contributed by atoms with Crippen molar-refractivity contribution in [2.75, 3.05) is 0 Å².